The van der Waals surface area contributed by atoms with Crippen LogP contribution in [0.5, 0.6) is 0 Å². The average molecular weight is 417 g/mol. The number of hydrogen-bond donors (Lipinski definition) is 1. The maximum atomic E-state index is 12.4. The molecular weight excluding hydrogens is 388 g/mol. The number of rotatable bonds is 6. The summed E-state index contributed by atoms with van der Waals surface area (Å²) in [6.07, 6.45) is 4.02. The van der Waals surface area contributed by atoms with E-state index in [1.54, 1.807) is 0 Å². The summed E-state index contributed by atoms with van der Waals surface area (Å²) in [5.74, 6) is 0.294. The highest BCUT2D eigenvalue weighted by Gasteiger charge is 2.23. The smallest absolute Gasteiger partial charge is 0.225 e. The monoisotopic (exact) mass is 416 g/mol. The van der Waals surface area contributed by atoms with Gasteiger partial charge in [0, 0.05) is 18.7 Å². The molecule has 160 valence electrons. The minimum absolute atomic E-state index is 0.0149. The summed E-state index contributed by atoms with van der Waals surface area (Å²) in [5.41, 5.74) is 3.67. The first-order valence-electron chi connectivity index (χ1n) is 10.9. The van der Waals surface area contributed by atoms with Gasteiger partial charge in [0.1, 0.15) is 0 Å². The lowest BCUT2D eigenvalue weighted by molar-refractivity contribution is -0.116. The second-order valence-electron chi connectivity index (χ2n) is 8.26. The fourth-order valence-corrected chi connectivity index (χ4v) is 4.21. The van der Waals surface area contributed by atoms with Gasteiger partial charge >= 0.3 is 0 Å². The van der Waals surface area contributed by atoms with Gasteiger partial charge in [-0.25, -0.2) is 0 Å². The number of ketones is 1. The van der Waals surface area contributed by atoms with Crippen molar-refractivity contribution in [3.05, 3.63) is 65.7 Å². The Labute approximate surface area is 183 Å². The van der Waals surface area contributed by atoms with E-state index in [1.807, 2.05) is 31.2 Å². The molecule has 31 heavy (non-hydrogen) atoms. The first kappa shape index (κ1) is 21.1. The molecule has 2 aliphatic rings. The molecule has 4 rings (SSSR count). The number of benzene rings is 2. The highest BCUT2D eigenvalue weighted by Crippen LogP contribution is 2.27. The Kier molecular flexibility index (Phi) is 6.67. The molecule has 2 aromatic rings. The summed E-state index contributed by atoms with van der Waals surface area (Å²) in [5, 5.41) is 10.8. The lowest BCUT2D eigenvalue weighted by Crippen LogP contribution is -2.35. The lowest BCUT2D eigenvalue weighted by Gasteiger charge is -2.32. The van der Waals surface area contributed by atoms with E-state index in [4.69, 9.17) is 0 Å². The molecule has 0 aliphatic carbocycles. The van der Waals surface area contributed by atoms with Crippen LogP contribution in [-0.4, -0.2) is 48.2 Å². The van der Waals surface area contributed by atoms with Gasteiger partial charge in [0.15, 0.2) is 5.78 Å². The standard InChI is InChI=1S/C25H28N4O2/c1-18-23(30)17-26-28-25(18)21-7-9-22(10-8-21)27-24(31)13-16-29-14-11-20(12-15-29)19-5-3-2-4-6-19/h2-10,17-18,20H,11-16H2,1H3,(H,27,31). The molecular formula is C25H28N4O2. The van der Waals surface area contributed by atoms with Crippen molar-refractivity contribution < 1.29 is 9.59 Å². The van der Waals surface area contributed by atoms with Crippen LogP contribution in [0.3, 0.4) is 0 Å². The number of nitrogens with one attached hydrogen (secondary N) is 1. The molecule has 0 spiro atoms. The topological polar surface area (TPSA) is 74.1 Å². The fraction of sp³-hybridized carbons (Fsp3) is 0.360. The molecule has 2 heterocycles. The van der Waals surface area contributed by atoms with Gasteiger partial charge in [0.05, 0.1) is 17.8 Å². The van der Waals surface area contributed by atoms with Crippen molar-refractivity contribution in [3.63, 3.8) is 0 Å². The number of carbonyl (C=O) groups is 2. The van der Waals surface area contributed by atoms with Gasteiger partial charge in [0.25, 0.3) is 0 Å². The van der Waals surface area contributed by atoms with Crippen LogP contribution >= 0.6 is 0 Å². The number of piperidine rings is 1. The molecule has 0 radical (unpaired) electrons. The van der Waals surface area contributed by atoms with Gasteiger partial charge in [-0.3, -0.25) is 9.59 Å². The van der Waals surface area contributed by atoms with Crippen LogP contribution in [0.25, 0.3) is 0 Å². The predicted molar refractivity (Wildman–Crippen MR) is 124 cm³/mol. The minimum Gasteiger partial charge on any atom is -0.326 e. The maximum absolute atomic E-state index is 12.4. The Morgan fingerprint density at radius 3 is 2.48 bits per heavy atom. The number of likely N-dealkylation sites (tertiary alicyclic amines) is 1. The number of nitrogens with zero attached hydrogens (tertiary/aromatic N) is 3. The van der Waals surface area contributed by atoms with E-state index >= 15 is 0 Å². The largest absolute Gasteiger partial charge is 0.326 e. The molecule has 1 amide bonds. The van der Waals surface area contributed by atoms with Gasteiger partial charge in [-0.05, 0) is 62.0 Å². The number of anilines is 1. The predicted octanol–water partition coefficient (Wildman–Crippen LogP) is 3.89. The van der Waals surface area contributed by atoms with Crippen molar-refractivity contribution in [1.82, 2.24) is 4.90 Å². The Morgan fingerprint density at radius 1 is 1.06 bits per heavy atom. The Morgan fingerprint density at radius 2 is 1.77 bits per heavy atom. The molecule has 0 aromatic heterocycles. The summed E-state index contributed by atoms with van der Waals surface area (Å²) >= 11 is 0. The molecule has 1 atom stereocenters. The normalized spacial score (nSPS) is 19.8. The average Bonchev–Trinajstić information content (AvgIpc) is 2.81. The van der Waals surface area contributed by atoms with Crippen molar-refractivity contribution in [2.24, 2.45) is 16.1 Å². The number of carbonyl (C=O) groups excluding carboxylic acids is 2. The highest BCUT2D eigenvalue weighted by molar-refractivity contribution is 6.36. The molecule has 1 saturated heterocycles. The van der Waals surface area contributed by atoms with Gasteiger partial charge in [-0.15, -0.1) is 0 Å². The molecule has 1 fully saturated rings. The van der Waals surface area contributed by atoms with Gasteiger partial charge in [-0.1, -0.05) is 42.5 Å². The molecule has 2 aromatic carbocycles. The number of Topliss-reactive ketones (excluding diaryl/α,β-unsaturated/α-hetero) is 1. The second kappa shape index (κ2) is 9.79. The molecule has 0 bridgehead atoms. The van der Waals surface area contributed by atoms with Crippen molar-refractivity contribution in [3.8, 4) is 0 Å². The van der Waals surface area contributed by atoms with E-state index < -0.39 is 0 Å². The summed E-state index contributed by atoms with van der Waals surface area (Å²) in [6.45, 7) is 4.66. The third-order valence-corrected chi connectivity index (χ3v) is 6.17. The second-order valence-corrected chi connectivity index (χ2v) is 8.26. The Hall–Kier alpha value is -3.12. The Bertz CT molecular complexity index is 974. The van der Waals surface area contributed by atoms with E-state index in [9.17, 15) is 9.59 Å². The van der Waals surface area contributed by atoms with Crippen LogP contribution in [0.15, 0.2) is 64.8 Å². The number of amides is 1. The van der Waals surface area contributed by atoms with Crippen LogP contribution in [-0.2, 0) is 9.59 Å². The third-order valence-electron chi connectivity index (χ3n) is 6.17. The van der Waals surface area contributed by atoms with Gasteiger partial charge < -0.3 is 10.2 Å². The quantitative estimate of drug-likeness (QED) is 0.776. The van der Waals surface area contributed by atoms with E-state index in [1.165, 1.54) is 11.8 Å². The zero-order valence-electron chi connectivity index (χ0n) is 17.8. The minimum atomic E-state index is -0.302. The van der Waals surface area contributed by atoms with Gasteiger partial charge in [0.2, 0.25) is 5.91 Å². The summed E-state index contributed by atoms with van der Waals surface area (Å²) in [4.78, 5) is 26.6. The maximum Gasteiger partial charge on any atom is 0.225 e. The Balaban J connectivity index is 1.23. The SMILES string of the molecule is CC1C(=O)C=NN=C1c1ccc(NC(=O)CCN2CCC(c3ccccc3)CC2)cc1. The molecule has 1 unspecified atom stereocenters. The van der Waals surface area contributed by atoms with Crippen LogP contribution in [0, 0.1) is 5.92 Å². The van der Waals surface area contributed by atoms with Crippen molar-refractivity contribution in [1.29, 1.82) is 0 Å². The van der Waals surface area contributed by atoms with Crippen LogP contribution in [0.1, 0.15) is 43.2 Å². The van der Waals surface area contributed by atoms with E-state index in [2.05, 4.69) is 50.8 Å². The zero-order chi connectivity index (χ0) is 21.6. The molecule has 1 N–H and O–H groups in total. The zero-order valence-corrected chi connectivity index (χ0v) is 17.8. The lowest BCUT2D eigenvalue weighted by atomic mass is 9.89. The number of hydrogen-bond acceptors (Lipinski definition) is 5. The summed E-state index contributed by atoms with van der Waals surface area (Å²) in [7, 11) is 0. The fourth-order valence-electron chi connectivity index (χ4n) is 4.21. The molecule has 6 nitrogen and oxygen atoms in total. The van der Waals surface area contributed by atoms with E-state index in [-0.39, 0.29) is 17.6 Å². The third kappa shape index (κ3) is 5.33. The van der Waals surface area contributed by atoms with Crippen molar-refractivity contribution in [2.75, 3.05) is 25.0 Å². The van der Waals surface area contributed by atoms with E-state index in [0.29, 0.717) is 18.1 Å². The first-order chi connectivity index (χ1) is 15.1. The van der Waals surface area contributed by atoms with Crippen molar-refractivity contribution in [2.45, 2.75) is 32.1 Å². The van der Waals surface area contributed by atoms with Crippen LogP contribution in [0.2, 0.25) is 0 Å². The summed E-state index contributed by atoms with van der Waals surface area (Å²) in [6, 6.07) is 18.1. The molecule has 2 aliphatic heterocycles. The molecule has 6 heteroatoms. The van der Waals surface area contributed by atoms with Crippen LogP contribution in [0.4, 0.5) is 5.69 Å². The first-order valence-corrected chi connectivity index (χ1v) is 10.9. The summed E-state index contributed by atoms with van der Waals surface area (Å²) < 4.78 is 0. The van der Waals surface area contributed by atoms with E-state index in [0.717, 1.165) is 43.7 Å². The van der Waals surface area contributed by atoms with Crippen molar-refractivity contribution >= 4 is 29.3 Å². The van der Waals surface area contributed by atoms with Crippen LogP contribution < -0.4 is 5.32 Å². The van der Waals surface area contributed by atoms with Gasteiger partial charge in [-0.2, -0.15) is 10.2 Å². The highest BCUT2D eigenvalue weighted by atomic mass is 16.1. The molecule has 0 saturated carbocycles.